The molecule has 0 aliphatic heterocycles. The van der Waals surface area contributed by atoms with Crippen molar-refractivity contribution >= 4 is 11.6 Å². The zero-order valence-electron chi connectivity index (χ0n) is 17.7. The van der Waals surface area contributed by atoms with Crippen LogP contribution in [0.4, 0.5) is 0 Å². The first-order chi connectivity index (χ1) is 15.6. The van der Waals surface area contributed by atoms with Crippen molar-refractivity contribution in [2.24, 2.45) is 5.10 Å². The van der Waals surface area contributed by atoms with Gasteiger partial charge in [0.15, 0.2) is 0 Å². The first-order valence-corrected chi connectivity index (χ1v) is 10.0. The van der Waals surface area contributed by atoms with E-state index in [4.69, 9.17) is 4.74 Å². The number of hydrogen-bond donors (Lipinski definition) is 2. The number of aromatic nitrogens is 2. The summed E-state index contributed by atoms with van der Waals surface area (Å²) in [6, 6.07) is 25.2. The number of nitrogens with zero attached hydrogens (tertiary/aromatic N) is 2. The molecule has 0 bridgehead atoms. The van der Waals surface area contributed by atoms with Crippen molar-refractivity contribution < 1.29 is 9.53 Å². The maximum atomic E-state index is 13.4. The number of H-pyrrole nitrogens is 1. The maximum Gasteiger partial charge on any atom is 0.281 e. The van der Waals surface area contributed by atoms with E-state index >= 15 is 0 Å². The number of nitrogens with one attached hydrogen (secondary N) is 2. The van der Waals surface area contributed by atoms with Gasteiger partial charge in [0, 0.05) is 16.8 Å². The average Bonchev–Trinajstić information content (AvgIpc) is 3.14. The van der Waals surface area contributed by atoms with E-state index in [2.05, 4.69) is 15.6 Å². The fraction of sp³-hybridized carbons (Fsp3) is 0.0800. The lowest BCUT2D eigenvalue weighted by Gasteiger charge is -2.07. The number of ether oxygens (including phenoxy) is 1. The smallest absolute Gasteiger partial charge is 0.281 e. The first-order valence-electron chi connectivity index (χ1n) is 10.0. The second-order valence-electron chi connectivity index (χ2n) is 7.08. The van der Waals surface area contributed by atoms with Gasteiger partial charge in [-0.15, -0.1) is 0 Å². The highest BCUT2D eigenvalue weighted by atomic mass is 16.5. The van der Waals surface area contributed by atoms with Crippen LogP contribution in [0.5, 0.6) is 5.75 Å². The Bertz CT molecular complexity index is 1310. The minimum Gasteiger partial charge on any atom is -0.497 e. The van der Waals surface area contributed by atoms with Crippen LogP contribution in [-0.2, 0) is 0 Å². The number of carbonyl (C=O) groups is 1. The van der Waals surface area contributed by atoms with E-state index in [0.29, 0.717) is 39.5 Å². The monoisotopic (exact) mass is 426 g/mol. The zero-order valence-corrected chi connectivity index (χ0v) is 17.7. The van der Waals surface area contributed by atoms with Gasteiger partial charge in [-0.25, -0.2) is 10.1 Å². The molecular formula is C25H22N4O3. The van der Waals surface area contributed by atoms with Crippen LogP contribution in [0.25, 0.3) is 5.69 Å². The van der Waals surface area contributed by atoms with Crippen molar-refractivity contribution in [3.05, 3.63) is 118 Å². The number of rotatable bonds is 6. The lowest BCUT2D eigenvalue weighted by Crippen LogP contribution is -2.25. The number of hydrazone groups is 1. The van der Waals surface area contributed by atoms with E-state index < -0.39 is 0 Å². The molecule has 0 fully saturated rings. The van der Waals surface area contributed by atoms with E-state index in [1.54, 1.807) is 62.6 Å². The molecule has 0 aliphatic carbocycles. The fourth-order valence-corrected chi connectivity index (χ4v) is 3.36. The molecule has 0 spiro atoms. The number of carbonyl (C=O) groups excluding carboxylic acids is 1. The van der Waals surface area contributed by atoms with Crippen molar-refractivity contribution in [2.45, 2.75) is 6.92 Å². The van der Waals surface area contributed by atoms with Crippen LogP contribution in [-0.4, -0.2) is 28.5 Å². The average molecular weight is 426 g/mol. The number of hydrogen-bond acceptors (Lipinski definition) is 4. The zero-order chi connectivity index (χ0) is 22.5. The molecule has 0 aliphatic rings. The van der Waals surface area contributed by atoms with Crippen LogP contribution >= 0.6 is 0 Å². The molecule has 4 rings (SSSR count). The summed E-state index contributed by atoms with van der Waals surface area (Å²) in [5, 5.41) is 7.47. The summed E-state index contributed by atoms with van der Waals surface area (Å²) in [5.74, 6) is 0.336. The Labute approximate surface area is 185 Å². The van der Waals surface area contributed by atoms with E-state index in [-0.39, 0.29) is 11.5 Å². The number of aryl methyl sites for hydroxylation is 1. The molecule has 0 radical (unpaired) electrons. The molecule has 0 atom stereocenters. The third-order valence-electron chi connectivity index (χ3n) is 4.99. The molecular weight excluding hydrogens is 404 g/mol. The first kappa shape index (κ1) is 20.9. The lowest BCUT2D eigenvalue weighted by atomic mass is 10.0. The molecule has 1 heterocycles. The standard InChI is InChI=1S/C25H22N4O3/c1-17-22(25(31)29(28-17)20-13-15-21(32-2)16-14-20)23(18-9-5-3-6-10-18)26-27-24(30)19-11-7-4-8-12-19/h3-16,28H,1-2H3,(H,27,30)/b26-23+. The highest BCUT2D eigenvalue weighted by Crippen LogP contribution is 2.16. The summed E-state index contributed by atoms with van der Waals surface area (Å²) in [7, 11) is 1.59. The molecule has 160 valence electrons. The summed E-state index contributed by atoms with van der Waals surface area (Å²) in [5.41, 5.74) is 5.53. The fourth-order valence-electron chi connectivity index (χ4n) is 3.36. The van der Waals surface area contributed by atoms with Crippen LogP contribution < -0.4 is 15.7 Å². The lowest BCUT2D eigenvalue weighted by molar-refractivity contribution is 0.0955. The Morgan fingerprint density at radius 3 is 2.09 bits per heavy atom. The van der Waals surface area contributed by atoms with Crippen LogP contribution in [0.15, 0.2) is 94.8 Å². The van der Waals surface area contributed by atoms with Gasteiger partial charge in [0.1, 0.15) is 11.5 Å². The van der Waals surface area contributed by atoms with Gasteiger partial charge in [0.2, 0.25) is 0 Å². The summed E-state index contributed by atoms with van der Waals surface area (Å²) in [6.07, 6.45) is 0. The molecule has 4 aromatic rings. The molecule has 1 aromatic heterocycles. The molecule has 0 saturated heterocycles. The number of aromatic amines is 1. The molecule has 32 heavy (non-hydrogen) atoms. The van der Waals surface area contributed by atoms with Crippen molar-refractivity contribution in [1.29, 1.82) is 0 Å². The Hall–Kier alpha value is -4.39. The van der Waals surface area contributed by atoms with Gasteiger partial charge in [-0.3, -0.25) is 14.7 Å². The van der Waals surface area contributed by atoms with Gasteiger partial charge in [0.25, 0.3) is 11.5 Å². The van der Waals surface area contributed by atoms with E-state index in [0.717, 1.165) is 0 Å². The second kappa shape index (κ2) is 9.18. The number of amides is 1. The Morgan fingerprint density at radius 2 is 1.50 bits per heavy atom. The molecule has 3 aromatic carbocycles. The van der Waals surface area contributed by atoms with Crippen molar-refractivity contribution in [3.8, 4) is 11.4 Å². The third kappa shape index (κ3) is 4.22. The minimum absolute atomic E-state index is 0.274. The number of methoxy groups -OCH3 is 1. The predicted molar refractivity (Wildman–Crippen MR) is 124 cm³/mol. The normalized spacial score (nSPS) is 11.2. The van der Waals surface area contributed by atoms with Crippen LogP contribution in [0.3, 0.4) is 0 Å². The summed E-state index contributed by atoms with van der Waals surface area (Å²) in [6.45, 7) is 1.80. The van der Waals surface area contributed by atoms with Gasteiger partial charge in [-0.05, 0) is 43.3 Å². The summed E-state index contributed by atoms with van der Waals surface area (Å²) in [4.78, 5) is 25.9. The van der Waals surface area contributed by atoms with Crippen molar-refractivity contribution in [2.75, 3.05) is 7.11 Å². The molecule has 1 amide bonds. The molecule has 0 unspecified atom stereocenters. The predicted octanol–water partition coefficient (Wildman–Crippen LogP) is 3.67. The van der Waals surface area contributed by atoms with Crippen LogP contribution in [0.1, 0.15) is 27.2 Å². The van der Waals surface area contributed by atoms with Crippen molar-refractivity contribution in [3.63, 3.8) is 0 Å². The van der Waals surface area contributed by atoms with E-state index in [9.17, 15) is 9.59 Å². The molecule has 2 N–H and O–H groups in total. The van der Waals surface area contributed by atoms with Crippen LogP contribution in [0.2, 0.25) is 0 Å². The van der Waals surface area contributed by atoms with E-state index in [1.165, 1.54) is 4.68 Å². The SMILES string of the molecule is COc1ccc(-n2[nH]c(C)c(/C(=N/NC(=O)c3ccccc3)c3ccccc3)c2=O)cc1. The molecule has 7 nitrogen and oxygen atoms in total. The van der Waals surface area contributed by atoms with Gasteiger partial charge in [-0.2, -0.15) is 5.10 Å². The van der Waals surface area contributed by atoms with Crippen LogP contribution in [0, 0.1) is 6.92 Å². The minimum atomic E-state index is -0.359. The highest BCUT2D eigenvalue weighted by molar-refractivity contribution is 6.13. The van der Waals surface area contributed by atoms with E-state index in [1.807, 2.05) is 36.4 Å². The van der Waals surface area contributed by atoms with Crippen molar-refractivity contribution in [1.82, 2.24) is 15.2 Å². The van der Waals surface area contributed by atoms with Gasteiger partial charge in [-0.1, -0.05) is 48.5 Å². The second-order valence-corrected chi connectivity index (χ2v) is 7.08. The molecule has 7 heteroatoms. The summed E-state index contributed by atoms with van der Waals surface area (Å²) < 4.78 is 6.64. The van der Waals surface area contributed by atoms with Gasteiger partial charge in [0.05, 0.1) is 18.4 Å². The Balaban J connectivity index is 1.77. The topological polar surface area (TPSA) is 88.5 Å². The quantitative estimate of drug-likeness (QED) is 0.364. The Kier molecular flexibility index (Phi) is 5.98. The largest absolute Gasteiger partial charge is 0.497 e. The maximum absolute atomic E-state index is 13.4. The Morgan fingerprint density at radius 1 is 0.906 bits per heavy atom. The summed E-state index contributed by atoms with van der Waals surface area (Å²) >= 11 is 0. The third-order valence-corrected chi connectivity index (χ3v) is 4.99. The highest BCUT2D eigenvalue weighted by Gasteiger charge is 2.20. The van der Waals surface area contributed by atoms with Gasteiger partial charge >= 0.3 is 0 Å². The molecule has 0 saturated carbocycles. The number of benzene rings is 3. The van der Waals surface area contributed by atoms with Gasteiger partial charge < -0.3 is 4.74 Å².